The third-order valence-corrected chi connectivity index (χ3v) is 13.5. The molecule has 4 heterocycles. The Morgan fingerprint density at radius 3 is 2.76 bits per heavy atom. The number of carbonyl (C=O) groups excluding carboxylic acids is 1. The molecule has 5 N–H and O–H groups in total. The topological polar surface area (TPSA) is 145 Å². The van der Waals surface area contributed by atoms with Crippen LogP contribution in [0.5, 0.6) is 28.7 Å². The number of ether oxygens (including phenoxy) is 4. The van der Waals surface area contributed by atoms with Crippen LogP contribution >= 0.6 is 0 Å². The van der Waals surface area contributed by atoms with E-state index in [1.807, 2.05) is 12.1 Å². The number of phenolic OH excluding ortho intramolecular Hbond substituents is 2. The molecule has 2 fully saturated rings. The van der Waals surface area contributed by atoms with Crippen LogP contribution in [0.3, 0.4) is 0 Å². The van der Waals surface area contributed by atoms with E-state index in [-0.39, 0.29) is 41.4 Å². The summed E-state index contributed by atoms with van der Waals surface area (Å²) < 4.78 is 25.8. The Morgan fingerprint density at radius 1 is 1.07 bits per heavy atom. The maximum absolute atomic E-state index is 12.5. The van der Waals surface area contributed by atoms with E-state index >= 15 is 0 Å². The lowest BCUT2D eigenvalue weighted by Gasteiger charge is -2.39. The molecule has 3 aromatic carbocycles. The van der Waals surface area contributed by atoms with Crippen LogP contribution in [0.25, 0.3) is 17.2 Å². The first kappa shape index (κ1) is 36.7. The van der Waals surface area contributed by atoms with Gasteiger partial charge in [0.25, 0.3) is 0 Å². The molecule has 2 saturated carbocycles. The second kappa shape index (κ2) is 14.3. The van der Waals surface area contributed by atoms with Crippen molar-refractivity contribution in [1.82, 2.24) is 10.3 Å². The van der Waals surface area contributed by atoms with Crippen LogP contribution in [-0.2, 0) is 34.2 Å². The van der Waals surface area contributed by atoms with Gasteiger partial charge < -0.3 is 40.2 Å². The summed E-state index contributed by atoms with van der Waals surface area (Å²) in [6.07, 6.45) is 12.9. The highest BCUT2D eigenvalue weighted by molar-refractivity contribution is 5.84. The second-order valence-electron chi connectivity index (χ2n) is 17.2. The number of anilines is 1. The average Bonchev–Trinajstić information content (AvgIpc) is 3.91. The summed E-state index contributed by atoms with van der Waals surface area (Å²) in [4.78, 5) is 17.3. The first-order valence-corrected chi connectivity index (χ1v) is 20.8. The lowest BCUT2D eigenvalue weighted by atomic mass is 9.65. The van der Waals surface area contributed by atoms with Crippen molar-refractivity contribution in [1.29, 1.82) is 0 Å². The van der Waals surface area contributed by atoms with Gasteiger partial charge in [0, 0.05) is 58.7 Å². The number of nitrogens with zero attached hydrogens (tertiary/aromatic N) is 1. The highest BCUT2D eigenvalue weighted by Crippen LogP contribution is 2.63. The molecule has 10 nitrogen and oxygen atoms in total. The van der Waals surface area contributed by atoms with E-state index in [2.05, 4.69) is 47.5 Å². The summed E-state index contributed by atoms with van der Waals surface area (Å²) in [5.74, 6) is 8.82. The maximum Gasteiger partial charge on any atom is 0.302 e. The van der Waals surface area contributed by atoms with Gasteiger partial charge in [-0.25, -0.2) is 4.98 Å². The van der Waals surface area contributed by atoms with E-state index in [0.29, 0.717) is 54.4 Å². The molecule has 3 aliphatic carbocycles. The number of esters is 1. The first-order valence-electron chi connectivity index (χ1n) is 20.8. The highest BCUT2D eigenvalue weighted by atomic mass is 16.5. The number of carbonyl (C=O) groups is 1. The number of aromatic nitrogens is 1. The molecule has 6 aliphatic rings. The van der Waals surface area contributed by atoms with Crippen molar-refractivity contribution < 1.29 is 34.0 Å². The summed E-state index contributed by atoms with van der Waals surface area (Å²) in [6, 6.07) is 13.9. The smallest absolute Gasteiger partial charge is 0.302 e. The van der Waals surface area contributed by atoms with Crippen LogP contribution in [0, 0.1) is 17.8 Å². The molecule has 58 heavy (non-hydrogen) atoms. The Hall–Kier alpha value is -5.66. The number of nitrogen functional groups attached to an aromatic ring is 1. The summed E-state index contributed by atoms with van der Waals surface area (Å²) in [6.45, 7) is 1.90. The fourth-order valence-corrected chi connectivity index (χ4v) is 11.1. The number of nitrogens with one attached hydrogen (secondary N) is 1. The Bertz CT molecular complexity index is 2440. The monoisotopic (exact) mass is 779 g/mol. The summed E-state index contributed by atoms with van der Waals surface area (Å²) in [7, 11) is 1.64. The third-order valence-electron chi connectivity index (χ3n) is 13.5. The molecule has 0 unspecified atom stereocenters. The van der Waals surface area contributed by atoms with Crippen molar-refractivity contribution in [2.75, 3.05) is 26.1 Å². The largest absolute Gasteiger partial charge is 0.508 e. The molecule has 1 spiro atoms. The Balaban J connectivity index is 1.21. The molecule has 10 heteroatoms. The Morgan fingerprint density at radius 2 is 1.93 bits per heavy atom. The number of nitrogens with two attached hydrogens (primary N) is 1. The lowest BCUT2D eigenvalue weighted by molar-refractivity contribution is -0.141. The molecule has 0 amide bonds. The molecule has 10 rings (SSSR count). The van der Waals surface area contributed by atoms with Crippen molar-refractivity contribution in [2.45, 2.75) is 101 Å². The summed E-state index contributed by atoms with van der Waals surface area (Å²) in [5, 5.41) is 26.4. The number of fused-ring (bicyclic) bond motifs is 9. The normalized spacial score (nSPS) is 24.9. The molecule has 4 aromatic rings. The quantitative estimate of drug-likeness (QED) is 0.118. The molecular weight excluding hydrogens is 731 g/mol. The van der Waals surface area contributed by atoms with E-state index in [1.165, 1.54) is 19.8 Å². The van der Waals surface area contributed by atoms with Gasteiger partial charge in [0.05, 0.1) is 19.1 Å². The lowest BCUT2D eigenvalue weighted by Crippen LogP contribution is -2.38. The van der Waals surface area contributed by atoms with Gasteiger partial charge in [0.2, 0.25) is 0 Å². The van der Waals surface area contributed by atoms with E-state index in [4.69, 9.17) is 29.7 Å². The SMILES string of the molecule is COc1cc(O)cc2c1-c1ccc3c4c1[C@]1(CC[C@H](Cc5ccc(N)nc5C#CCc5cc(O)c6c(c5[C@@H](O4)[C@H]3COC(C)=O)C=C[C@@H](NC3CCCC3)CO6)C1)C2. The predicted octanol–water partition coefficient (Wildman–Crippen LogP) is 7.58. The van der Waals surface area contributed by atoms with Crippen LogP contribution < -0.4 is 25.3 Å². The molecule has 3 aliphatic heterocycles. The molecule has 0 saturated heterocycles. The summed E-state index contributed by atoms with van der Waals surface area (Å²) >= 11 is 0. The average molecular weight is 780 g/mol. The number of aromatic hydroxyl groups is 2. The van der Waals surface area contributed by atoms with Gasteiger partial charge in [-0.1, -0.05) is 49.1 Å². The molecule has 5 atom stereocenters. The van der Waals surface area contributed by atoms with Crippen LogP contribution in [0.4, 0.5) is 5.82 Å². The van der Waals surface area contributed by atoms with Crippen LogP contribution in [0.1, 0.15) is 109 Å². The second-order valence-corrected chi connectivity index (χ2v) is 17.2. The fourth-order valence-electron chi connectivity index (χ4n) is 11.1. The number of phenols is 2. The minimum absolute atomic E-state index is 0.0371. The zero-order valence-corrected chi connectivity index (χ0v) is 33.0. The first-order chi connectivity index (χ1) is 28.2. The van der Waals surface area contributed by atoms with Gasteiger partial charge in [-0.2, -0.15) is 0 Å². The van der Waals surface area contributed by atoms with E-state index in [1.54, 1.807) is 19.2 Å². The molecule has 1 aromatic heterocycles. The van der Waals surface area contributed by atoms with E-state index in [9.17, 15) is 15.0 Å². The van der Waals surface area contributed by atoms with E-state index < -0.39 is 6.10 Å². The maximum atomic E-state index is 12.5. The number of benzene rings is 3. The number of hydrogen-bond acceptors (Lipinski definition) is 10. The van der Waals surface area contributed by atoms with Crippen molar-refractivity contribution in [2.24, 2.45) is 5.92 Å². The number of rotatable bonds is 5. The zero-order valence-electron chi connectivity index (χ0n) is 33.0. The van der Waals surface area contributed by atoms with Gasteiger partial charge in [-0.15, -0.1) is 0 Å². The number of methoxy groups -OCH3 is 1. The van der Waals surface area contributed by atoms with E-state index in [0.717, 1.165) is 94.3 Å². The van der Waals surface area contributed by atoms with Crippen molar-refractivity contribution in [3.05, 3.63) is 93.2 Å². The number of pyridine rings is 1. The third kappa shape index (κ3) is 6.22. The highest BCUT2D eigenvalue weighted by Gasteiger charge is 2.51. The zero-order chi connectivity index (χ0) is 39.7. The van der Waals surface area contributed by atoms with Gasteiger partial charge >= 0.3 is 5.97 Å². The minimum atomic E-state index is -0.608. The van der Waals surface area contributed by atoms with Crippen LogP contribution in [-0.4, -0.2) is 53.6 Å². The standard InChI is InChI=1S/C48H49N3O7/c1-26(52)56-25-37-34-13-14-35-42-30(19-33(53)21-40(42)55-2)23-48-17-16-27(22-48)18-28-10-15-41(49)51-38(28)9-5-6-29-20-39(54)45-36(43(29)46(37)58-47(34)44(35)48)12-11-32(24-57-45)50-31-7-3-4-8-31/h10-15,19-21,27,31-32,37,46,50,53-54H,3-4,6-8,16-18,22-25H2,1-2H3,(H2,49,51)/t27-,32-,37+,46+,48+/m1/s1. The van der Waals surface area contributed by atoms with Crippen LogP contribution in [0.2, 0.25) is 0 Å². The molecule has 298 valence electrons. The number of hydrogen-bond donors (Lipinski definition) is 4. The molecule has 4 bridgehead atoms. The Kier molecular flexibility index (Phi) is 9.05. The van der Waals surface area contributed by atoms with Gasteiger partial charge in [0.1, 0.15) is 48.1 Å². The minimum Gasteiger partial charge on any atom is -0.508 e. The van der Waals surface area contributed by atoms with Crippen LogP contribution in [0.15, 0.2) is 48.5 Å². The van der Waals surface area contributed by atoms with Gasteiger partial charge in [-0.05, 0) is 97.2 Å². The van der Waals surface area contributed by atoms with Crippen molar-refractivity contribution >= 4 is 17.9 Å². The van der Waals surface area contributed by atoms with Crippen molar-refractivity contribution in [3.8, 4) is 51.7 Å². The molecular formula is C48H49N3O7. The molecule has 0 radical (unpaired) electrons. The van der Waals surface area contributed by atoms with Gasteiger partial charge in [0.15, 0.2) is 11.5 Å². The summed E-state index contributed by atoms with van der Waals surface area (Å²) in [5.41, 5.74) is 15.2. The van der Waals surface area contributed by atoms with Gasteiger partial charge in [-0.3, -0.25) is 4.79 Å². The Labute approximate surface area is 338 Å². The predicted molar refractivity (Wildman–Crippen MR) is 220 cm³/mol. The fraction of sp³-hybridized carbons (Fsp3) is 0.417. The van der Waals surface area contributed by atoms with Crippen molar-refractivity contribution in [3.63, 3.8) is 0 Å².